The zero-order valence-electron chi connectivity index (χ0n) is 17.6. The molecule has 1 aliphatic rings. The number of amides is 1. The lowest BCUT2D eigenvalue weighted by atomic mass is 9.85. The Morgan fingerprint density at radius 3 is 2.59 bits per heavy atom. The van der Waals surface area contributed by atoms with Crippen LogP contribution in [-0.4, -0.2) is 34.5 Å². The maximum atomic E-state index is 13.6. The second-order valence-electron chi connectivity index (χ2n) is 7.68. The number of likely N-dealkylation sites (tertiary alicyclic amines) is 1. The molecule has 0 aliphatic carbocycles. The summed E-state index contributed by atoms with van der Waals surface area (Å²) in [6.07, 6.45) is 3.30. The van der Waals surface area contributed by atoms with Crippen molar-refractivity contribution in [2.24, 2.45) is 5.92 Å². The van der Waals surface area contributed by atoms with E-state index in [2.05, 4.69) is 20.9 Å². The minimum Gasteiger partial charge on any atom is -0.497 e. The molecule has 2 aromatic carbocycles. The normalized spacial score (nSPS) is 18.2. The monoisotopic (exact) mass is 492 g/mol. The standard InChI is InChI=1S/C25H21BrN2O4/c1-15-11-19(32-2)8-9-20(15)23(29)21-22(17-6-3-7-18(26)12-17)28(25(31)24(21)30)14-16-5-4-10-27-13-16/h3-13,21-22H,14H2,1-2H3. The first-order valence-electron chi connectivity index (χ1n) is 10.1. The summed E-state index contributed by atoms with van der Waals surface area (Å²) in [5.74, 6) is -2.25. The molecule has 3 aromatic rings. The number of halogens is 1. The Hall–Kier alpha value is -3.32. The number of aromatic nitrogens is 1. The van der Waals surface area contributed by atoms with E-state index < -0.39 is 23.7 Å². The van der Waals surface area contributed by atoms with Crippen LogP contribution < -0.4 is 4.74 Å². The fourth-order valence-electron chi connectivity index (χ4n) is 4.12. The van der Waals surface area contributed by atoms with Crippen molar-refractivity contribution in [3.8, 4) is 5.75 Å². The lowest BCUT2D eigenvalue weighted by molar-refractivity contribution is -0.141. The maximum absolute atomic E-state index is 13.6. The average Bonchev–Trinajstić information content (AvgIpc) is 3.04. The highest BCUT2D eigenvalue weighted by Gasteiger charge is 2.51. The van der Waals surface area contributed by atoms with E-state index in [4.69, 9.17) is 4.74 Å². The van der Waals surface area contributed by atoms with Gasteiger partial charge in [-0.15, -0.1) is 0 Å². The van der Waals surface area contributed by atoms with Crippen LogP contribution in [0.1, 0.15) is 33.1 Å². The van der Waals surface area contributed by atoms with Crippen molar-refractivity contribution in [3.63, 3.8) is 0 Å². The van der Waals surface area contributed by atoms with Crippen LogP contribution in [0.15, 0.2) is 71.5 Å². The van der Waals surface area contributed by atoms with Gasteiger partial charge in [0.15, 0.2) is 5.78 Å². The first-order chi connectivity index (χ1) is 15.4. The van der Waals surface area contributed by atoms with Gasteiger partial charge in [0.1, 0.15) is 11.7 Å². The summed E-state index contributed by atoms with van der Waals surface area (Å²) < 4.78 is 6.03. The quantitative estimate of drug-likeness (QED) is 0.291. The molecule has 7 heteroatoms. The van der Waals surface area contributed by atoms with Gasteiger partial charge in [0.25, 0.3) is 5.91 Å². The zero-order valence-corrected chi connectivity index (χ0v) is 19.2. The number of rotatable bonds is 6. The Morgan fingerprint density at radius 2 is 1.94 bits per heavy atom. The van der Waals surface area contributed by atoms with Crippen molar-refractivity contribution in [1.29, 1.82) is 0 Å². The second kappa shape index (κ2) is 9.04. The highest BCUT2D eigenvalue weighted by Crippen LogP contribution is 2.40. The van der Waals surface area contributed by atoms with Gasteiger partial charge in [-0.05, 0) is 60.0 Å². The third-order valence-electron chi connectivity index (χ3n) is 5.65. The fourth-order valence-corrected chi connectivity index (χ4v) is 4.53. The molecule has 1 saturated heterocycles. The molecule has 0 spiro atoms. The van der Waals surface area contributed by atoms with Crippen molar-refractivity contribution < 1.29 is 19.1 Å². The van der Waals surface area contributed by atoms with Crippen molar-refractivity contribution in [2.75, 3.05) is 7.11 Å². The number of ether oxygens (including phenoxy) is 1. The smallest absolute Gasteiger partial charge is 0.291 e. The van der Waals surface area contributed by atoms with Gasteiger partial charge in [-0.3, -0.25) is 19.4 Å². The first kappa shape index (κ1) is 21.9. The number of hydrogen-bond acceptors (Lipinski definition) is 5. The third kappa shape index (κ3) is 4.08. The van der Waals surface area contributed by atoms with Gasteiger partial charge in [-0.25, -0.2) is 0 Å². The van der Waals surface area contributed by atoms with E-state index in [1.807, 2.05) is 30.3 Å². The molecule has 162 valence electrons. The zero-order chi connectivity index (χ0) is 22.8. The van der Waals surface area contributed by atoms with E-state index in [1.165, 1.54) is 4.90 Å². The minimum atomic E-state index is -1.14. The number of Topliss-reactive ketones (excluding diaryl/α,β-unsaturated/α-hetero) is 2. The molecule has 6 nitrogen and oxygen atoms in total. The number of aryl methyl sites for hydroxylation is 1. The van der Waals surface area contributed by atoms with Crippen LogP contribution >= 0.6 is 15.9 Å². The van der Waals surface area contributed by atoms with E-state index in [-0.39, 0.29) is 12.3 Å². The molecular weight excluding hydrogens is 472 g/mol. The number of hydrogen-bond donors (Lipinski definition) is 0. The molecule has 0 saturated carbocycles. The van der Waals surface area contributed by atoms with Crippen LogP contribution in [0.3, 0.4) is 0 Å². The van der Waals surface area contributed by atoms with Gasteiger partial charge < -0.3 is 9.64 Å². The summed E-state index contributed by atoms with van der Waals surface area (Å²) in [6, 6.07) is 15.3. The molecule has 2 atom stereocenters. The summed E-state index contributed by atoms with van der Waals surface area (Å²) in [6.45, 7) is 1.97. The van der Waals surface area contributed by atoms with E-state index in [1.54, 1.807) is 50.7 Å². The molecule has 2 unspecified atom stereocenters. The molecule has 4 rings (SSSR count). The maximum Gasteiger partial charge on any atom is 0.291 e. The largest absolute Gasteiger partial charge is 0.497 e. The van der Waals surface area contributed by atoms with Crippen LogP contribution in [-0.2, 0) is 16.1 Å². The molecule has 32 heavy (non-hydrogen) atoms. The number of methoxy groups -OCH3 is 1. The predicted molar refractivity (Wildman–Crippen MR) is 122 cm³/mol. The molecule has 0 radical (unpaired) electrons. The lowest BCUT2D eigenvalue weighted by Crippen LogP contribution is -2.30. The minimum absolute atomic E-state index is 0.182. The Morgan fingerprint density at radius 1 is 1.12 bits per heavy atom. The highest BCUT2D eigenvalue weighted by molar-refractivity contribution is 9.10. The molecule has 1 aliphatic heterocycles. The van der Waals surface area contributed by atoms with Crippen LogP contribution in [0.2, 0.25) is 0 Å². The number of benzene rings is 2. The van der Waals surface area contributed by atoms with Gasteiger partial charge in [0.05, 0.1) is 13.2 Å². The molecule has 1 fully saturated rings. The third-order valence-corrected chi connectivity index (χ3v) is 6.15. The fraction of sp³-hybridized carbons (Fsp3) is 0.200. The molecule has 0 N–H and O–H groups in total. The molecular formula is C25H21BrN2O4. The van der Waals surface area contributed by atoms with Gasteiger partial charge in [-0.1, -0.05) is 34.1 Å². The first-order valence-corrected chi connectivity index (χ1v) is 10.9. The lowest BCUT2D eigenvalue weighted by Gasteiger charge is -2.27. The van der Waals surface area contributed by atoms with Crippen LogP contribution in [0, 0.1) is 12.8 Å². The average molecular weight is 493 g/mol. The predicted octanol–water partition coefficient (Wildman–Crippen LogP) is 4.31. The summed E-state index contributed by atoms with van der Waals surface area (Å²) in [5.41, 5.74) is 2.59. The number of carbonyl (C=O) groups excluding carboxylic acids is 3. The Balaban J connectivity index is 1.79. The van der Waals surface area contributed by atoms with Gasteiger partial charge in [0, 0.05) is 29.0 Å². The Bertz CT molecular complexity index is 1200. The Kier molecular flexibility index (Phi) is 6.19. The van der Waals surface area contributed by atoms with Gasteiger partial charge in [-0.2, -0.15) is 0 Å². The Labute approximate surface area is 194 Å². The summed E-state index contributed by atoms with van der Waals surface area (Å²) in [4.78, 5) is 45.4. The molecule has 1 amide bonds. The SMILES string of the molecule is COc1ccc(C(=O)C2C(=O)C(=O)N(Cc3cccnc3)C2c2cccc(Br)c2)c(C)c1. The summed E-state index contributed by atoms with van der Waals surface area (Å²) >= 11 is 3.46. The molecule has 1 aromatic heterocycles. The van der Waals surface area contributed by atoms with E-state index in [0.717, 1.165) is 10.0 Å². The van der Waals surface area contributed by atoms with E-state index in [9.17, 15) is 14.4 Å². The van der Waals surface area contributed by atoms with Gasteiger partial charge in [0.2, 0.25) is 5.78 Å². The highest BCUT2D eigenvalue weighted by atomic mass is 79.9. The number of nitrogens with zero attached hydrogens (tertiary/aromatic N) is 2. The second-order valence-corrected chi connectivity index (χ2v) is 8.60. The number of pyridine rings is 1. The van der Waals surface area contributed by atoms with E-state index in [0.29, 0.717) is 22.4 Å². The molecule has 0 bridgehead atoms. The van der Waals surface area contributed by atoms with Gasteiger partial charge >= 0.3 is 0 Å². The van der Waals surface area contributed by atoms with Crippen molar-refractivity contribution in [1.82, 2.24) is 9.88 Å². The molecule has 2 heterocycles. The van der Waals surface area contributed by atoms with Crippen molar-refractivity contribution >= 4 is 33.4 Å². The number of carbonyl (C=O) groups is 3. The van der Waals surface area contributed by atoms with Crippen LogP contribution in [0.4, 0.5) is 0 Å². The van der Waals surface area contributed by atoms with Crippen molar-refractivity contribution in [2.45, 2.75) is 19.5 Å². The van der Waals surface area contributed by atoms with Crippen LogP contribution in [0.5, 0.6) is 5.75 Å². The van der Waals surface area contributed by atoms with Crippen LogP contribution in [0.25, 0.3) is 0 Å². The summed E-state index contributed by atoms with van der Waals surface area (Å²) in [5, 5.41) is 0. The summed E-state index contributed by atoms with van der Waals surface area (Å²) in [7, 11) is 1.55. The topological polar surface area (TPSA) is 76.6 Å². The van der Waals surface area contributed by atoms with Crippen molar-refractivity contribution in [3.05, 3.63) is 93.7 Å². The number of ketones is 2. The van der Waals surface area contributed by atoms with E-state index >= 15 is 0 Å².